The molecule has 2 amide bonds. The summed E-state index contributed by atoms with van der Waals surface area (Å²) in [7, 11) is -4.13. The van der Waals surface area contributed by atoms with E-state index in [0.717, 1.165) is 27.4 Å². The minimum Gasteiger partial charge on any atom is -0.494 e. The second kappa shape index (κ2) is 14.9. The van der Waals surface area contributed by atoms with Gasteiger partial charge in [0.05, 0.1) is 17.2 Å². The maximum absolute atomic E-state index is 14.2. The van der Waals surface area contributed by atoms with Gasteiger partial charge in [0.1, 0.15) is 18.3 Å². The highest BCUT2D eigenvalue weighted by Crippen LogP contribution is 2.27. The molecule has 3 aromatic rings. The molecular formula is C33H43N3O5S. The van der Waals surface area contributed by atoms with Crippen molar-refractivity contribution in [2.24, 2.45) is 0 Å². The van der Waals surface area contributed by atoms with Crippen LogP contribution < -0.4 is 14.4 Å². The Morgan fingerprint density at radius 3 is 1.93 bits per heavy atom. The number of carbonyl (C=O) groups is 2. The molecule has 226 valence electrons. The molecule has 0 unspecified atom stereocenters. The Kier molecular flexibility index (Phi) is 11.6. The van der Waals surface area contributed by atoms with Gasteiger partial charge in [-0.25, -0.2) is 8.42 Å². The van der Waals surface area contributed by atoms with E-state index in [2.05, 4.69) is 5.32 Å². The lowest BCUT2D eigenvalue weighted by Crippen LogP contribution is -2.53. The standard InChI is InChI=1S/C33H43N3O5S/c1-7-26(6)34-33(38)31(8-2)35(22-27-14-10-24(4)11-15-27)32(37)23-36(28-16-18-29(19-17-28)41-9-3)42(39,40)30-20-12-25(5)13-21-30/h10-21,26,31H,7-9,22-23H2,1-6H3,(H,34,38)/t26-,31+/m1/s1. The number of hydrogen-bond donors (Lipinski definition) is 1. The Balaban J connectivity index is 2.05. The number of anilines is 1. The van der Waals surface area contributed by atoms with Crippen LogP contribution in [-0.2, 0) is 26.2 Å². The first-order valence-corrected chi connectivity index (χ1v) is 15.9. The molecule has 8 nitrogen and oxygen atoms in total. The molecular weight excluding hydrogens is 550 g/mol. The van der Waals surface area contributed by atoms with Gasteiger partial charge in [-0.3, -0.25) is 13.9 Å². The smallest absolute Gasteiger partial charge is 0.264 e. The molecule has 0 aliphatic carbocycles. The quantitative estimate of drug-likeness (QED) is 0.262. The predicted molar refractivity (Wildman–Crippen MR) is 167 cm³/mol. The Morgan fingerprint density at radius 1 is 0.833 bits per heavy atom. The summed E-state index contributed by atoms with van der Waals surface area (Å²) in [5, 5.41) is 3.00. The molecule has 9 heteroatoms. The van der Waals surface area contributed by atoms with E-state index in [-0.39, 0.29) is 23.4 Å². The highest BCUT2D eigenvalue weighted by molar-refractivity contribution is 7.92. The van der Waals surface area contributed by atoms with Crippen LogP contribution in [-0.4, -0.2) is 50.4 Å². The fraction of sp³-hybridized carbons (Fsp3) is 0.394. The lowest BCUT2D eigenvalue weighted by molar-refractivity contribution is -0.140. The Hall–Kier alpha value is -3.85. The van der Waals surface area contributed by atoms with Crippen LogP contribution in [0.3, 0.4) is 0 Å². The van der Waals surface area contributed by atoms with Gasteiger partial charge in [0.2, 0.25) is 11.8 Å². The molecule has 0 saturated heterocycles. The predicted octanol–water partition coefficient (Wildman–Crippen LogP) is 5.62. The van der Waals surface area contributed by atoms with Gasteiger partial charge < -0.3 is 15.0 Å². The average molecular weight is 594 g/mol. The van der Waals surface area contributed by atoms with Gasteiger partial charge >= 0.3 is 0 Å². The van der Waals surface area contributed by atoms with Gasteiger partial charge in [0, 0.05) is 12.6 Å². The number of carbonyl (C=O) groups excluding carboxylic acids is 2. The van der Waals surface area contributed by atoms with E-state index in [9.17, 15) is 18.0 Å². The van der Waals surface area contributed by atoms with E-state index in [1.165, 1.54) is 17.0 Å². The van der Waals surface area contributed by atoms with Crippen LogP contribution in [0, 0.1) is 13.8 Å². The maximum Gasteiger partial charge on any atom is 0.264 e. The normalized spacial score (nSPS) is 12.7. The zero-order valence-electron chi connectivity index (χ0n) is 25.5. The summed E-state index contributed by atoms with van der Waals surface area (Å²) >= 11 is 0. The van der Waals surface area contributed by atoms with Crippen molar-refractivity contribution in [1.82, 2.24) is 10.2 Å². The topological polar surface area (TPSA) is 96.0 Å². The van der Waals surface area contributed by atoms with Crippen molar-refractivity contribution in [1.29, 1.82) is 0 Å². The fourth-order valence-corrected chi connectivity index (χ4v) is 5.91. The van der Waals surface area contributed by atoms with Gasteiger partial charge in [-0.1, -0.05) is 61.4 Å². The van der Waals surface area contributed by atoms with Crippen molar-refractivity contribution >= 4 is 27.5 Å². The zero-order chi connectivity index (χ0) is 30.9. The number of amides is 2. The molecule has 0 radical (unpaired) electrons. The van der Waals surface area contributed by atoms with Crippen LogP contribution in [0.2, 0.25) is 0 Å². The van der Waals surface area contributed by atoms with Crippen LogP contribution in [0.15, 0.2) is 77.7 Å². The van der Waals surface area contributed by atoms with Crippen LogP contribution in [0.1, 0.15) is 57.2 Å². The molecule has 0 fully saturated rings. The van der Waals surface area contributed by atoms with Crippen molar-refractivity contribution < 1.29 is 22.7 Å². The Bertz CT molecular complexity index is 1420. The van der Waals surface area contributed by atoms with E-state index in [0.29, 0.717) is 24.5 Å². The van der Waals surface area contributed by atoms with Crippen molar-refractivity contribution in [3.8, 4) is 5.75 Å². The summed E-state index contributed by atoms with van der Waals surface area (Å²) in [6.45, 7) is 11.6. The first-order valence-electron chi connectivity index (χ1n) is 14.5. The van der Waals surface area contributed by atoms with Gasteiger partial charge in [0.15, 0.2) is 0 Å². The van der Waals surface area contributed by atoms with Crippen molar-refractivity contribution in [2.75, 3.05) is 17.5 Å². The minimum atomic E-state index is -4.13. The summed E-state index contributed by atoms with van der Waals surface area (Å²) in [4.78, 5) is 29.1. The van der Waals surface area contributed by atoms with Crippen LogP contribution >= 0.6 is 0 Å². The van der Waals surface area contributed by atoms with Gasteiger partial charge in [-0.2, -0.15) is 0 Å². The summed E-state index contributed by atoms with van der Waals surface area (Å²) < 4.78 is 34.7. The molecule has 0 aromatic heterocycles. The van der Waals surface area contributed by atoms with Crippen molar-refractivity contribution in [2.45, 2.75) is 77.9 Å². The maximum atomic E-state index is 14.2. The second-order valence-electron chi connectivity index (χ2n) is 10.5. The first kappa shape index (κ1) is 32.7. The monoisotopic (exact) mass is 593 g/mol. The highest BCUT2D eigenvalue weighted by Gasteiger charge is 2.34. The molecule has 0 aliphatic rings. The van der Waals surface area contributed by atoms with Crippen molar-refractivity contribution in [3.63, 3.8) is 0 Å². The lowest BCUT2D eigenvalue weighted by atomic mass is 10.1. The third-order valence-corrected chi connectivity index (χ3v) is 8.97. The minimum absolute atomic E-state index is 0.0647. The molecule has 3 aromatic carbocycles. The first-order chi connectivity index (χ1) is 20.0. The zero-order valence-corrected chi connectivity index (χ0v) is 26.3. The lowest BCUT2D eigenvalue weighted by Gasteiger charge is -2.33. The summed E-state index contributed by atoms with van der Waals surface area (Å²) in [5.74, 6) is -0.151. The fourth-order valence-electron chi connectivity index (χ4n) is 4.49. The van der Waals surface area contributed by atoms with Crippen molar-refractivity contribution in [3.05, 3.63) is 89.5 Å². The number of ether oxygens (including phenoxy) is 1. The van der Waals surface area contributed by atoms with Crippen LogP contribution in [0.5, 0.6) is 5.75 Å². The molecule has 0 bridgehead atoms. The Labute approximate surface area is 250 Å². The average Bonchev–Trinajstić information content (AvgIpc) is 2.97. The van der Waals surface area contributed by atoms with Crippen LogP contribution in [0.4, 0.5) is 5.69 Å². The van der Waals surface area contributed by atoms with Crippen LogP contribution in [0.25, 0.3) is 0 Å². The highest BCUT2D eigenvalue weighted by atomic mass is 32.2. The third-order valence-electron chi connectivity index (χ3n) is 7.18. The summed E-state index contributed by atoms with van der Waals surface area (Å²) in [6.07, 6.45) is 1.11. The summed E-state index contributed by atoms with van der Waals surface area (Å²) in [6, 6.07) is 20.0. The van der Waals surface area contributed by atoms with E-state index in [1.54, 1.807) is 36.4 Å². The van der Waals surface area contributed by atoms with E-state index in [4.69, 9.17) is 4.74 Å². The number of nitrogens with one attached hydrogen (secondary N) is 1. The second-order valence-corrected chi connectivity index (χ2v) is 12.4. The number of hydrogen-bond acceptors (Lipinski definition) is 5. The number of rotatable bonds is 14. The molecule has 42 heavy (non-hydrogen) atoms. The number of sulfonamides is 1. The molecule has 0 heterocycles. The number of aryl methyl sites for hydroxylation is 2. The molecule has 0 saturated carbocycles. The summed E-state index contributed by atoms with van der Waals surface area (Å²) in [5.41, 5.74) is 3.15. The largest absolute Gasteiger partial charge is 0.494 e. The van der Waals surface area contributed by atoms with Gasteiger partial charge in [-0.15, -0.1) is 0 Å². The van der Waals surface area contributed by atoms with Gasteiger partial charge in [0.25, 0.3) is 10.0 Å². The third kappa shape index (κ3) is 8.35. The molecule has 0 spiro atoms. The van der Waals surface area contributed by atoms with Gasteiger partial charge in [-0.05, 0) is 82.5 Å². The Morgan fingerprint density at radius 2 is 1.40 bits per heavy atom. The van der Waals surface area contributed by atoms with E-state index in [1.807, 2.05) is 65.8 Å². The molecule has 3 rings (SSSR count). The van der Waals surface area contributed by atoms with E-state index < -0.39 is 28.5 Å². The SMILES string of the molecule is CCOc1ccc(N(CC(=O)N(Cc2ccc(C)cc2)[C@@H](CC)C(=O)N[C@H](C)CC)S(=O)(=O)c2ccc(C)cc2)cc1. The van der Waals surface area contributed by atoms with E-state index >= 15 is 0 Å². The molecule has 1 N–H and O–H groups in total. The number of benzene rings is 3. The molecule has 0 aliphatic heterocycles. The molecule has 2 atom stereocenters. The number of nitrogens with zero attached hydrogens (tertiary/aromatic N) is 2.